The number of pyridine rings is 1. The number of rotatable bonds is 2. The predicted octanol–water partition coefficient (Wildman–Crippen LogP) is -1.13. The van der Waals surface area contributed by atoms with E-state index >= 15 is 4.39 Å². The van der Waals surface area contributed by atoms with Gasteiger partial charge in [-0.05, 0) is 29.7 Å². The van der Waals surface area contributed by atoms with Crippen LogP contribution in [0.3, 0.4) is 0 Å². The highest BCUT2D eigenvalue weighted by atomic mass is 32.5. The number of alkyl halides is 1. The molecule has 7 rings (SSSR count). The van der Waals surface area contributed by atoms with E-state index in [-0.39, 0.29) is 34.0 Å². The van der Waals surface area contributed by atoms with Crippen molar-refractivity contribution in [1.82, 2.24) is 39.5 Å². The highest BCUT2D eigenvalue weighted by Gasteiger charge is 2.53. The zero-order valence-electron chi connectivity index (χ0n) is 22.3. The number of nitrogens with two attached hydrogens (primary N) is 2. The molecule has 3 fully saturated rings. The summed E-state index contributed by atoms with van der Waals surface area (Å²) >= 11 is 10.4. The van der Waals surface area contributed by atoms with Crippen LogP contribution < -0.4 is 17.0 Å². The largest absolute Gasteiger partial charge is 0.397 e. The van der Waals surface area contributed by atoms with Crippen molar-refractivity contribution in [3.63, 3.8) is 0 Å². The van der Waals surface area contributed by atoms with Gasteiger partial charge in [-0.3, -0.25) is 23.4 Å². The van der Waals surface area contributed by atoms with Crippen LogP contribution in [0.5, 0.6) is 0 Å². The number of aromatic amines is 1. The van der Waals surface area contributed by atoms with Crippen molar-refractivity contribution < 1.29 is 46.9 Å². The summed E-state index contributed by atoms with van der Waals surface area (Å²) in [5, 5.41) is 19.0. The van der Waals surface area contributed by atoms with Crippen LogP contribution in [0.2, 0.25) is 0 Å². The summed E-state index contributed by atoms with van der Waals surface area (Å²) in [7, 11) is 0. The zero-order valence-corrected chi connectivity index (χ0v) is 25.8. The van der Waals surface area contributed by atoms with E-state index in [1.807, 2.05) is 0 Å². The van der Waals surface area contributed by atoms with Crippen molar-refractivity contribution in [1.29, 1.82) is 0 Å². The minimum absolute atomic E-state index is 0.0355. The summed E-state index contributed by atoms with van der Waals surface area (Å²) < 4.78 is 52.3. The lowest BCUT2D eigenvalue weighted by atomic mass is 10.1. The van der Waals surface area contributed by atoms with Gasteiger partial charge >= 0.3 is 13.4 Å². The lowest BCUT2D eigenvalue weighted by molar-refractivity contribution is -0.0619. The van der Waals surface area contributed by atoms with Crippen LogP contribution in [0, 0.1) is 0 Å². The maximum atomic E-state index is 16.0. The maximum Gasteiger partial charge on any atom is 0.325 e. The molecule has 4 aromatic heterocycles. The molecule has 2 bridgehead atoms. The van der Waals surface area contributed by atoms with Crippen LogP contribution in [-0.4, -0.2) is 104 Å². The summed E-state index contributed by atoms with van der Waals surface area (Å²) in [6, 6.07) is 1.49. The van der Waals surface area contributed by atoms with Crippen LogP contribution >= 0.6 is 13.4 Å². The molecular weight excluding hydrogens is 685 g/mol. The molecular formula is C20H23FN10O10P2S2. The van der Waals surface area contributed by atoms with Gasteiger partial charge in [0.2, 0.25) is 5.95 Å². The van der Waals surface area contributed by atoms with Gasteiger partial charge in [0.25, 0.3) is 5.56 Å². The Bertz CT molecular complexity index is 1950. The Labute approximate surface area is 259 Å². The van der Waals surface area contributed by atoms with Crippen molar-refractivity contribution in [2.24, 2.45) is 0 Å². The molecule has 3 aliphatic rings. The Hall–Kier alpha value is -2.63. The first-order valence-corrected chi connectivity index (χ1v) is 18.1. The number of hydrogen-bond donors (Lipinski definition) is 6. The van der Waals surface area contributed by atoms with E-state index in [1.54, 1.807) is 0 Å². The van der Waals surface area contributed by atoms with E-state index < -0.39 is 81.4 Å². The number of imidazole rings is 1. The average Bonchev–Trinajstić information content (AvgIpc) is 3.72. The molecule has 4 aromatic rings. The van der Waals surface area contributed by atoms with E-state index in [2.05, 4.69) is 30.2 Å². The number of nitrogen functional groups attached to an aromatic ring is 2. The molecule has 242 valence electrons. The third-order valence-corrected chi connectivity index (χ3v) is 10.4. The standard InChI is InChI=1S/C20H23FN10O10P2S2/c21-9-13-8(39-18(9)31-15-10(28-29-31)6(22)1-2-24-15)4-37-43(35,45)41-14-12(32)7(3-36-42(34,44)40-13)38-19(14)30-5-25-11-16(30)26-20(23)27-17(11)33/h1-2,5,7-9,12-14,18-19,32H,3-4H2,(H2,22,24)(H,34,44)(H,35,45)(H3,23,26,27,33)/t7-,8-,9+,12-,13-,14+,18-,19-,42?,43?/m1/s1. The van der Waals surface area contributed by atoms with Gasteiger partial charge in [-0.2, -0.15) is 9.67 Å². The number of aliphatic hydroxyl groups excluding tert-OH is 1. The summed E-state index contributed by atoms with van der Waals surface area (Å²) in [5.74, 6) is -0.227. The van der Waals surface area contributed by atoms with Gasteiger partial charge in [0.05, 0.1) is 25.2 Å². The fourth-order valence-corrected chi connectivity index (χ4v) is 8.06. The van der Waals surface area contributed by atoms with E-state index in [4.69, 9.17) is 62.6 Å². The first-order chi connectivity index (χ1) is 21.3. The molecule has 3 saturated heterocycles. The molecule has 45 heavy (non-hydrogen) atoms. The molecule has 0 aliphatic carbocycles. The van der Waals surface area contributed by atoms with Gasteiger partial charge in [-0.15, -0.1) is 5.10 Å². The van der Waals surface area contributed by atoms with Gasteiger partial charge in [0, 0.05) is 6.20 Å². The number of nitrogens with zero attached hydrogens (tertiary/aromatic N) is 7. The highest BCUT2D eigenvalue weighted by molar-refractivity contribution is 8.07. The molecule has 20 nitrogen and oxygen atoms in total. The second-order valence-electron chi connectivity index (χ2n) is 10.1. The Morgan fingerprint density at radius 2 is 1.69 bits per heavy atom. The molecule has 2 unspecified atom stereocenters. The fraction of sp³-hybridized carbons (Fsp3) is 0.500. The normalized spacial score (nSPS) is 37.7. The fourth-order valence-electron chi connectivity index (χ4n) is 5.21. The maximum absolute atomic E-state index is 16.0. The van der Waals surface area contributed by atoms with Gasteiger partial charge in [-0.25, -0.2) is 14.4 Å². The number of anilines is 2. The van der Waals surface area contributed by atoms with Gasteiger partial charge in [-0.1, -0.05) is 5.21 Å². The molecule has 0 aromatic carbocycles. The minimum atomic E-state index is -4.28. The first kappa shape index (κ1) is 31.0. The molecule has 25 heteroatoms. The number of ether oxygens (including phenoxy) is 2. The number of aromatic nitrogens is 8. The van der Waals surface area contributed by atoms with E-state index in [0.717, 1.165) is 4.68 Å². The zero-order chi connectivity index (χ0) is 31.8. The molecule has 8 N–H and O–H groups in total. The average molecular weight is 709 g/mol. The molecule has 3 aliphatic heterocycles. The Morgan fingerprint density at radius 3 is 2.44 bits per heavy atom. The number of fused-ring (bicyclic) bond motifs is 5. The smallest absolute Gasteiger partial charge is 0.325 e. The topological polar surface area (TPSA) is 275 Å². The Morgan fingerprint density at radius 1 is 1.00 bits per heavy atom. The summed E-state index contributed by atoms with van der Waals surface area (Å²) in [6.45, 7) is -9.76. The molecule has 0 saturated carbocycles. The Kier molecular flexibility index (Phi) is 7.76. The summed E-state index contributed by atoms with van der Waals surface area (Å²) in [6.07, 6.45) is -9.61. The quantitative estimate of drug-likeness (QED) is 0.134. The number of nitrogens with one attached hydrogen (secondary N) is 1. The van der Waals surface area contributed by atoms with Crippen LogP contribution in [0.25, 0.3) is 22.3 Å². The van der Waals surface area contributed by atoms with Crippen molar-refractivity contribution in [3.8, 4) is 0 Å². The van der Waals surface area contributed by atoms with E-state index in [9.17, 15) is 19.7 Å². The molecule has 0 radical (unpaired) electrons. The van der Waals surface area contributed by atoms with Crippen molar-refractivity contribution in [2.75, 3.05) is 24.7 Å². The first-order valence-electron chi connectivity index (χ1n) is 12.9. The van der Waals surface area contributed by atoms with Crippen molar-refractivity contribution >= 4 is 71.0 Å². The van der Waals surface area contributed by atoms with E-state index in [0.29, 0.717) is 0 Å². The van der Waals surface area contributed by atoms with Crippen LogP contribution in [0.1, 0.15) is 12.5 Å². The third kappa shape index (κ3) is 5.56. The summed E-state index contributed by atoms with van der Waals surface area (Å²) in [5.41, 5.74) is 11.4. The molecule has 0 spiro atoms. The number of hydrogen-bond acceptors (Lipinski definition) is 17. The van der Waals surface area contributed by atoms with E-state index in [1.165, 1.54) is 23.2 Å². The molecule has 10 atom stereocenters. The molecule has 0 amide bonds. The predicted molar refractivity (Wildman–Crippen MR) is 156 cm³/mol. The number of aliphatic hydroxyl groups is 1. The van der Waals surface area contributed by atoms with Gasteiger partial charge in [0.1, 0.15) is 30.5 Å². The SMILES string of the molecule is Nc1nc2c(ncn2[C@@H]2O[C@@H]3COP(O)(=S)O[C@H]4[C@H](F)[C@H](n5nnc6c(N)ccnc65)O[C@@H]4COP(O)(=S)O[C@H]2[C@@H]3O)c(=O)[nH]1. The highest BCUT2D eigenvalue weighted by Crippen LogP contribution is 2.54. The number of H-pyrrole nitrogens is 1. The minimum Gasteiger partial charge on any atom is -0.397 e. The van der Waals surface area contributed by atoms with Crippen LogP contribution in [0.4, 0.5) is 16.0 Å². The van der Waals surface area contributed by atoms with Gasteiger partial charge in [0.15, 0.2) is 41.0 Å². The summed E-state index contributed by atoms with van der Waals surface area (Å²) in [4.78, 5) is 48.9. The lowest BCUT2D eigenvalue weighted by Crippen LogP contribution is -2.35. The number of halogens is 1. The second kappa shape index (κ2) is 11.3. The second-order valence-corrected chi connectivity index (χ2v) is 15.7. The van der Waals surface area contributed by atoms with Crippen molar-refractivity contribution in [3.05, 3.63) is 28.9 Å². The van der Waals surface area contributed by atoms with Crippen molar-refractivity contribution in [2.45, 2.75) is 49.1 Å². The van der Waals surface area contributed by atoms with Gasteiger partial charge < -0.3 is 44.9 Å². The third-order valence-electron chi connectivity index (χ3n) is 7.25. The molecule has 7 heterocycles. The lowest BCUT2D eigenvalue weighted by Gasteiger charge is -2.27. The van der Waals surface area contributed by atoms with Crippen LogP contribution in [-0.2, 0) is 51.2 Å². The Balaban J connectivity index is 1.21. The monoisotopic (exact) mass is 708 g/mol. The van der Waals surface area contributed by atoms with Crippen LogP contribution in [0.15, 0.2) is 23.4 Å².